The average molecular weight is 279 g/mol. The Morgan fingerprint density at radius 1 is 1.45 bits per heavy atom. The standard InChI is InChI=1S/C15H21NO4/c1-11(15(17)16-10-12-6-5-9-19-12)20-14-8-4-3-7-13(14)18-2/h3-4,7-8,11-12H,5-6,9-10H2,1-2H3,(H,16,17)/t11-,12-/m1/s1. The molecule has 2 rings (SSSR count). The highest BCUT2D eigenvalue weighted by Crippen LogP contribution is 2.26. The Morgan fingerprint density at radius 2 is 2.20 bits per heavy atom. The van der Waals surface area contributed by atoms with Crippen molar-refractivity contribution in [3.05, 3.63) is 24.3 Å². The molecule has 0 aliphatic carbocycles. The van der Waals surface area contributed by atoms with Gasteiger partial charge in [0.25, 0.3) is 5.91 Å². The lowest BCUT2D eigenvalue weighted by molar-refractivity contribution is -0.127. The number of carbonyl (C=O) groups excluding carboxylic acids is 1. The molecular formula is C15H21NO4. The highest BCUT2D eigenvalue weighted by molar-refractivity contribution is 5.80. The normalized spacial score (nSPS) is 19.4. The van der Waals surface area contributed by atoms with Crippen LogP contribution in [0.15, 0.2) is 24.3 Å². The van der Waals surface area contributed by atoms with E-state index in [9.17, 15) is 4.79 Å². The van der Waals surface area contributed by atoms with E-state index in [2.05, 4.69) is 5.32 Å². The van der Waals surface area contributed by atoms with Crippen LogP contribution < -0.4 is 14.8 Å². The highest BCUT2D eigenvalue weighted by Gasteiger charge is 2.20. The predicted molar refractivity (Wildman–Crippen MR) is 75.1 cm³/mol. The van der Waals surface area contributed by atoms with Crippen molar-refractivity contribution >= 4 is 5.91 Å². The molecule has 0 saturated carbocycles. The van der Waals surface area contributed by atoms with Gasteiger partial charge in [0.15, 0.2) is 17.6 Å². The van der Waals surface area contributed by atoms with Gasteiger partial charge < -0.3 is 19.5 Å². The van der Waals surface area contributed by atoms with Crippen molar-refractivity contribution in [2.75, 3.05) is 20.3 Å². The maximum Gasteiger partial charge on any atom is 0.260 e. The van der Waals surface area contributed by atoms with Crippen molar-refractivity contribution < 1.29 is 19.0 Å². The molecule has 0 unspecified atom stereocenters. The van der Waals surface area contributed by atoms with Crippen LogP contribution in [0.1, 0.15) is 19.8 Å². The van der Waals surface area contributed by atoms with Gasteiger partial charge in [-0.05, 0) is 31.9 Å². The summed E-state index contributed by atoms with van der Waals surface area (Å²) in [5.41, 5.74) is 0. The summed E-state index contributed by atoms with van der Waals surface area (Å²) in [7, 11) is 1.57. The van der Waals surface area contributed by atoms with Crippen LogP contribution in [0.25, 0.3) is 0 Å². The van der Waals surface area contributed by atoms with Crippen LogP contribution in [-0.2, 0) is 9.53 Å². The van der Waals surface area contributed by atoms with Crippen LogP contribution >= 0.6 is 0 Å². The smallest absolute Gasteiger partial charge is 0.260 e. The van der Waals surface area contributed by atoms with E-state index in [4.69, 9.17) is 14.2 Å². The summed E-state index contributed by atoms with van der Waals surface area (Å²) in [6.07, 6.45) is 1.63. The van der Waals surface area contributed by atoms with Gasteiger partial charge in [-0.15, -0.1) is 0 Å². The van der Waals surface area contributed by atoms with E-state index >= 15 is 0 Å². The first-order valence-corrected chi connectivity index (χ1v) is 6.89. The zero-order valence-electron chi connectivity index (χ0n) is 11.9. The number of methoxy groups -OCH3 is 1. The second-order valence-corrected chi connectivity index (χ2v) is 4.79. The first-order chi connectivity index (χ1) is 9.70. The fraction of sp³-hybridized carbons (Fsp3) is 0.533. The summed E-state index contributed by atoms with van der Waals surface area (Å²) in [4.78, 5) is 12.0. The quantitative estimate of drug-likeness (QED) is 0.862. The largest absolute Gasteiger partial charge is 0.493 e. The average Bonchev–Trinajstić information content (AvgIpc) is 2.98. The minimum absolute atomic E-state index is 0.136. The zero-order valence-corrected chi connectivity index (χ0v) is 11.9. The van der Waals surface area contributed by atoms with Gasteiger partial charge in [-0.2, -0.15) is 0 Å². The van der Waals surface area contributed by atoms with E-state index in [-0.39, 0.29) is 12.0 Å². The maximum atomic E-state index is 12.0. The molecule has 1 N–H and O–H groups in total. The first kappa shape index (κ1) is 14.7. The van der Waals surface area contributed by atoms with Crippen LogP contribution in [0.3, 0.4) is 0 Å². The minimum Gasteiger partial charge on any atom is -0.493 e. The maximum absolute atomic E-state index is 12.0. The van der Waals surface area contributed by atoms with Crippen LogP contribution in [0.5, 0.6) is 11.5 Å². The third-order valence-electron chi connectivity index (χ3n) is 3.27. The summed E-state index contributed by atoms with van der Waals surface area (Å²) in [6.45, 7) is 3.05. The monoisotopic (exact) mass is 279 g/mol. The number of amides is 1. The Hall–Kier alpha value is -1.75. The summed E-state index contributed by atoms with van der Waals surface area (Å²) in [5.74, 6) is 1.03. The van der Waals surface area contributed by atoms with Gasteiger partial charge in [0.1, 0.15) is 0 Å². The Bertz CT molecular complexity index is 443. The molecule has 5 nitrogen and oxygen atoms in total. The molecule has 0 aromatic heterocycles. The third-order valence-corrected chi connectivity index (χ3v) is 3.27. The van der Waals surface area contributed by atoms with Crippen LogP contribution in [-0.4, -0.2) is 38.4 Å². The molecule has 1 aromatic rings. The molecule has 1 aromatic carbocycles. The van der Waals surface area contributed by atoms with E-state index < -0.39 is 6.10 Å². The lowest BCUT2D eigenvalue weighted by Gasteiger charge is -2.17. The SMILES string of the molecule is COc1ccccc1O[C@H](C)C(=O)NC[C@H]1CCCO1. The molecule has 1 saturated heterocycles. The van der Waals surface area contributed by atoms with Crippen LogP contribution in [0.2, 0.25) is 0 Å². The van der Waals surface area contributed by atoms with Gasteiger partial charge in [-0.3, -0.25) is 4.79 Å². The third kappa shape index (κ3) is 3.87. The van der Waals surface area contributed by atoms with Crippen molar-refractivity contribution in [2.24, 2.45) is 0 Å². The topological polar surface area (TPSA) is 56.8 Å². The lowest BCUT2D eigenvalue weighted by atomic mass is 10.2. The molecule has 1 amide bonds. The summed E-state index contributed by atoms with van der Waals surface area (Å²) in [5, 5.41) is 2.85. The molecule has 0 radical (unpaired) electrons. The summed E-state index contributed by atoms with van der Waals surface area (Å²) in [6, 6.07) is 7.28. The Balaban J connectivity index is 1.83. The Kier molecular flexibility index (Phi) is 5.24. The molecule has 5 heteroatoms. The minimum atomic E-state index is -0.576. The fourth-order valence-electron chi connectivity index (χ4n) is 2.12. The summed E-state index contributed by atoms with van der Waals surface area (Å²) < 4.78 is 16.3. The fourth-order valence-corrected chi connectivity index (χ4v) is 2.12. The zero-order chi connectivity index (χ0) is 14.4. The van der Waals surface area contributed by atoms with Gasteiger partial charge >= 0.3 is 0 Å². The Labute approximate surface area is 119 Å². The van der Waals surface area contributed by atoms with E-state index in [1.54, 1.807) is 26.2 Å². The molecule has 20 heavy (non-hydrogen) atoms. The number of rotatable bonds is 6. The van der Waals surface area contributed by atoms with E-state index in [1.165, 1.54) is 0 Å². The molecule has 0 spiro atoms. The van der Waals surface area contributed by atoms with E-state index in [1.807, 2.05) is 12.1 Å². The second-order valence-electron chi connectivity index (χ2n) is 4.79. The molecule has 1 heterocycles. The predicted octanol–water partition coefficient (Wildman–Crippen LogP) is 1.76. The number of hydrogen-bond donors (Lipinski definition) is 1. The van der Waals surface area contributed by atoms with Crippen LogP contribution in [0.4, 0.5) is 0 Å². The molecular weight excluding hydrogens is 258 g/mol. The number of nitrogens with one attached hydrogen (secondary N) is 1. The number of benzene rings is 1. The molecule has 110 valence electrons. The Morgan fingerprint density at radius 3 is 2.85 bits per heavy atom. The van der Waals surface area contributed by atoms with E-state index in [0.29, 0.717) is 18.0 Å². The lowest BCUT2D eigenvalue weighted by Crippen LogP contribution is -2.40. The highest BCUT2D eigenvalue weighted by atomic mass is 16.5. The molecule has 1 aliphatic rings. The molecule has 0 bridgehead atoms. The van der Waals surface area contributed by atoms with Crippen molar-refractivity contribution in [2.45, 2.75) is 32.0 Å². The number of para-hydroxylation sites is 2. The van der Waals surface area contributed by atoms with Gasteiger partial charge in [-0.1, -0.05) is 12.1 Å². The van der Waals surface area contributed by atoms with Gasteiger partial charge in [0, 0.05) is 13.2 Å². The molecule has 1 fully saturated rings. The van der Waals surface area contributed by atoms with Gasteiger partial charge in [0.2, 0.25) is 0 Å². The van der Waals surface area contributed by atoms with Crippen molar-refractivity contribution in [1.29, 1.82) is 0 Å². The summed E-state index contributed by atoms with van der Waals surface area (Å²) >= 11 is 0. The second kappa shape index (κ2) is 7.14. The number of hydrogen-bond acceptors (Lipinski definition) is 4. The van der Waals surface area contributed by atoms with Crippen molar-refractivity contribution in [3.63, 3.8) is 0 Å². The van der Waals surface area contributed by atoms with Crippen molar-refractivity contribution in [3.8, 4) is 11.5 Å². The number of carbonyl (C=O) groups is 1. The van der Waals surface area contributed by atoms with Gasteiger partial charge in [-0.25, -0.2) is 0 Å². The van der Waals surface area contributed by atoms with E-state index in [0.717, 1.165) is 19.4 Å². The first-order valence-electron chi connectivity index (χ1n) is 6.89. The van der Waals surface area contributed by atoms with Crippen molar-refractivity contribution in [1.82, 2.24) is 5.32 Å². The van der Waals surface area contributed by atoms with Crippen LogP contribution in [0, 0.1) is 0 Å². The molecule has 1 aliphatic heterocycles. The number of ether oxygens (including phenoxy) is 3. The van der Waals surface area contributed by atoms with Gasteiger partial charge in [0.05, 0.1) is 13.2 Å². The molecule has 2 atom stereocenters.